The van der Waals surface area contributed by atoms with Crippen molar-refractivity contribution in [2.24, 2.45) is 0 Å². The summed E-state index contributed by atoms with van der Waals surface area (Å²) in [4.78, 5) is 13.5. The lowest BCUT2D eigenvalue weighted by Gasteiger charge is -2.23. The van der Waals surface area contributed by atoms with Crippen LogP contribution in [0, 0.1) is 0 Å². The van der Waals surface area contributed by atoms with Gasteiger partial charge in [0.05, 0.1) is 7.11 Å². The summed E-state index contributed by atoms with van der Waals surface area (Å²) in [5.41, 5.74) is 1.24. The molecule has 17 heavy (non-hydrogen) atoms. The summed E-state index contributed by atoms with van der Waals surface area (Å²) in [6, 6.07) is 8.46. The zero-order chi connectivity index (χ0) is 12.3. The fourth-order valence-corrected chi connectivity index (χ4v) is 2.53. The van der Waals surface area contributed by atoms with Crippen LogP contribution in [-0.4, -0.2) is 30.5 Å². The lowest BCUT2D eigenvalue weighted by atomic mass is 10.0. The second-order valence-corrected chi connectivity index (χ2v) is 4.56. The third kappa shape index (κ3) is 2.78. The zero-order valence-electron chi connectivity index (χ0n) is 10.5. The van der Waals surface area contributed by atoms with Crippen LogP contribution < -0.4 is 4.74 Å². The Morgan fingerprint density at radius 2 is 2.35 bits per heavy atom. The van der Waals surface area contributed by atoms with Crippen LogP contribution in [0.4, 0.5) is 0 Å². The fourth-order valence-electron chi connectivity index (χ4n) is 2.53. The second-order valence-electron chi connectivity index (χ2n) is 4.56. The van der Waals surface area contributed by atoms with Crippen LogP contribution in [0.15, 0.2) is 24.3 Å². The largest absolute Gasteiger partial charge is 0.497 e. The molecular weight excluding hydrogens is 214 g/mol. The Labute approximate surface area is 102 Å². The first-order valence-electron chi connectivity index (χ1n) is 6.11. The fraction of sp³-hybridized carbons (Fsp3) is 0.500. The van der Waals surface area contributed by atoms with Crippen LogP contribution in [-0.2, 0) is 11.2 Å². The molecule has 2 rings (SSSR count). The molecule has 3 heteroatoms. The molecule has 1 amide bonds. The molecule has 0 aromatic heterocycles. The zero-order valence-corrected chi connectivity index (χ0v) is 10.5. The van der Waals surface area contributed by atoms with Crippen molar-refractivity contribution in [1.82, 2.24) is 4.90 Å². The highest BCUT2D eigenvalue weighted by atomic mass is 16.5. The summed E-state index contributed by atoms with van der Waals surface area (Å²) in [6.07, 6.45) is 3.15. The number of carbonyl (C=O) groups is 1. The maximum Gasteiger partial charge on any atom is 0.219 e. The Balaban J connectivity index is 2.06. The lowest BCUT2D eigenvalue weighted by molar-refractivity contribution is -0.129. The molecule has 3 nitrogen and oxygen atoms in total. The van der Waals surface area contributed by atoms with E-state index in [2.05, 4.69) is 12.1 Å². The third-order valence-corrected chi connectivity index (χ3v) is 3.39. The number of nitrogens with zero attached hydrogens (tertiary/aromatic N) is 1. The number of methoxy groups -OCH3 is 1. The number of hydrogen-bond donors (Lipinski definition) is 0. The highest BCUT2D eigenvalue weighted by Crippen LogP contribution is 2.22. The lowest BCUT2D eigenvalue weighted by Crippen LogP contribution is -2.34. The number of rotatable bonds is 3. The van der Waals surface area contributed by atoms with Crippen LogP contribution in [0.1, 0.15) is 25.3 Å². The predicted octanol–water partition coefficient (Wildman–Crippen LogP) is 2.25. The number of ether oxygens (including phenoxy) is 1. The van der Waals surface area contributed by atoms with E-state index in [4.69, 9.17) is 4.74 Å². The van der Waals surface area contributed by atoms with E-state index in [-0.39, 0.29) is 5.91 Å². The molecule has 1 saturated heterocycles. The topological polar surface area (TPSA) is 29.5 Å². The van der Waals surface area contributed by atoms with Crippen molar-refractivity contribution in [3.8, 4) is 5.75 Å². The standard InChI is InChI=1S/C14H19NO2/c1-11(16)15-8-4-6-13(15)9-12-5-3-7-14(10-12)17-2/h3,5,7,10,13H,4,6,8-9H2,1-2H3. The minimum Gasteiger partial charge on any atom is -0.497 e. The molecule has 0 spiro atoms. The van der Waals surface area contributed by atoms with Crippen LogP contribution in [0.2, 0.25) is 0 Å². The first kappa shape index (κ1) is 12.0. The third-order valence-electron chi connectivity index (χ3n) is 3.39. The van der Waals surface area contributed by atoms with Crippen LogP contribution in [0.3, 0.4) is 0 Å². The van der Waals surface area contributed by atoms with E-state index in [1.165, 1.54) is 5.56 Å². The molecule has 1 aliphatic heterocycles. The van der Waals surface area contributed by atoms with Crippen molar-refractivity contribution < 1.29 is 9.53 Å². The highest BCUT2D eigenvalue weighted by Gasteiger charge is 2.26. The summed E-state index contributed by atoms with van der Waals surface area (Å²) in [6.45, 7) is 2.56. The van der Waals surface area contributed by atoms with Gasteiger partial charge in [-0.2, -0.15) is 0 Å². The Morgan fingerprint density at radius 1 is 1.53 bits per heavy atom. The number of likely N-dealkylation sites (tertiary alicyclic amines) is 1. The summed E-state index contributed by atoms with van der Waals surface area (Å²) in [5, 5.41) is 0. The summed E-state index contributed by atoms with van der Waals surface area (Å²) >= 11 is 0. The van der Waals surface area contributed by atoms with Gasteiger partial charge in [-0.3, -0.25) is 4.79 Å². The average Bonchev–Trinajstić information content (AvgIpc) is 2.77. The Bertz CT molecular complexity index is 403. The molecule has 0 N–H and O–H groups in total. The van der Waals surface area contributed by atoms with Gasteiger partial charge in [0.25, 0.3) is 0 Å². The maximum absolute atomic E-state index is 11.5. The highest BCUT2D eigenvalue weighted by molar-refractivity contribution is 5.73. The Hall–Kier alpha value is -1.51. The van der Waals surface area contributed by atoms with E-state index in [0.29, 0.717) is 6.04 Å². The van der Waals surface area contributed by atoms with Gasteiger partial charge in [-0.15, -0.1) is 0 Å². The van der Waals surface area contributed by atoms with Gasteiger partial charge < -0.3 is 9.64 Å². The molecule has 1 aliphatic rings. The summed E-state index contributed by atoms with van der Waals surface area (Å²) < 4.78 is 5.21. The first-order chi connectivity index (χ1) is 8.20. The first-order valence-corrected chi connectivity index (χ1v) is 6.11. The van der Waals surface area contributed by atoms with Gasteiger partial charge in [0.1, 0.15) is 5.75 Å². The van der Waals surface area contributed by atoms with Crippen LogP contribution >= 0.6 is 0 Å². The Kier molecular flexibility index (Phi) is 3.67. The van der Waals surface area contributed by atoms with Crippen molar-refractivity contribution in [2.45, 2.75) is 32.2 Å². The molecule has 92 valence electrons. The quantitative estimate of drug-likeness (QED) is 0.801. The van der Waals surface area contributed by atoms with Crippen LogP contribution in [0.25, 0.3) is 0 Å². The van der Waals surface area contributed by atoms with Crippen molar-refractivity contribution in [3.05, 3.63) is 29.8 Å². The van der Waals surface area contributed by atoms with Gasteiger partial charge in [0.15, 0.2) is 0 Å². The molecule has 1 atom stereocenters. The summed E-state index contributed by atoms with van der Waals surface area (Å²) in [7, 11) is 1.68. The van der Waals surface area contributed by atoms with E-state index in [1.807, 2.05) is 17.0 Å². The second kappa shape index (κ2) is 5.21. The molecule has 0 saturated carbocycles. The summed E-state index contributed by atoms with van der Waals surface area (Å²) in [5.74, 6) is 1.07. The van der Waals surface area contributed by atoms with E-state index in [0.717, 1.165) is 31.6 Å². The van der Waals surface area contributed by atoms with E-state index in [9.17, 15) is 4.79 Å². The Morgan fingerprint density at radius 3 is 3.06 bits per heavy atom. The van der Waals surface area contributed by atoms with Crippen LogP contribution in [0.5, 0.6) is 5.75 Å². The van der Waals surface area contributed by atoms with Gasteiger partial charge >= 0.3 is 0 Å². The molecule has 1 aromatic carbocycles. The molecule has 0 radical (unpaired) electrons. The SMILES string of the molecule is COc1cccc(CC2CCCN2C(C)=O)c1. The van der Waals surface area contributed by atoms with E-state index in [1.54, 1.807) is 14.0 Å². The van der Waals surface area contributed by atoms with Crippen molar-refractivity contribution in [1.29, 1.82) is 0 Å². The van der Waals surface area contributed by atoms with E-state index >= 15 is 0 Å². The van der Waals surface area contributed by atoms with E-state index < -0.39 is 0 Å². The smallest absolute Gasteiger partial charge is 0.219 e. The van der Waals surface area contributed by atoms with Crippen molar-refractivity contribution in [3.63, 3.8) is 0 Å². The molecule has 0 aliphatic carbocycles. The average molecular weight is 233 g/mol. The monoisotopic (exact) mass is 233 g/mol. The molecule has 1 unspecified atom stereocenters. The molecule has 1 heterocycles. The minimum atomic E-state index is 0.190. The van der Waals surface area contributed by atoms with Gasteiger partial charge in [-0.1, -0.05) is 12.1 Å². The van der Waals surface area contributed by atoms with Gasteiger partial charge in [-0.05, 0) is 37.0 Å². The number of benzene rings is 1. The minimum absolute atomic E-state index is 0.190. The normalized spacial score (nSPS) is 19.4. The van der Waals surface area contributed by atoms with Crippen molar-refractivity contribution >= 4 is 5.91 Å². The molecule has 1 aromatic rings. The molecular formula is C14H19NO2. The maximum atomic E-state index is 11.5. The van der Waals surface area contributed by atoms with Gasteiger partial charge in [-0.25, -0.2) is 0 Å². The number of hydrogen-bond acceptors (Lipinski definition) is 2. The van der Waals surface area contributed by atoms with Crippen molar-refractivity contribution in [2.75, 3.05) is 13.7 Å². The predicted molar refractivity (Wildman–Crippen MR) is 67.1 cm³/mol. The van der Waals surface area contributed by atoms with Gasteiger partial charge in [0.2, 0.25) is 5.91 Å². The number of amides is 1. The molecule has 0 bridgehead atoms. The van der Waals surface area contributed by atoms with Gasteiger partial charge in [0, 0.05) is 19.5 Å². The molecule has 1 fully saturated rings. The number of carbonyl (C=O) groups excluding carboxylic acids is 1.